The van der Waals surface area contributed by atoms with Gasteiger partial charge in [-0.15, -0.1) is 0 Å². The van der Waals surface area contributed by atoms with E-state index in [1.807, 2.05) is 0 Å². The van der Waals surface area contributed by atoms with Gasteiger partial charge in [-0.3, -0.25) is 0 Å². The molecule has 2 aromatic heterocycles. The standard InChI is InChI=1S/C8H9N3O2S/c1-14(12,13)11-5-4-6-7(11)2-3-8(9)10-6/h2-5H,1H3,(H2,9,10). The second-order valence-corrected chi connectivity index (χ2v) is 4.87. The van der Waals surface area contributed by atoms with Crippen LogP contribution >= 0.6 is 0 Å². The Kier molecular flexibility index (Phi) is 1.75. The van der Waals surface area contributed by atoms with Crippen LogP contribution in [0.15, 0.2) is 24.4 Å². The zero-order chi connectivity index (χ0) is 10.3. The molecular formula is C8H9N3O2S. The SMILES string of the molecule is CS(=O)(=O)n1ccc2nc(N)ccc21. The second kappa shape index (κ2) is 2.71. The van der Waals surface area contributed by atoms with Crippen molar-refractivity contribution in [2.75, 3.05) is 12.0 Å². The summed E-state index contributed by atoms with van der Waals surface area (Å²) in [6.07, 6.45) is 2.61. The van der Waals surface area contributed by atoms with Crippen molar-refractivity contribution in [3.63, 3.8) is 0 Å². The summed E-state index contributed by atoms with van der Waals surface area (Å²) in [6, 6.07) is 4.83. The van der Waals surface area contributed by atoms with Crippen molar-refractivity contribution in [3.05, 3.63) is 24.4 Å². The van der Waals surface area contributed by atoms with Gasteiger partial charge in [0.1, 0.15) is 5.82 Å². The average molecular weight is 211 g/mol. The molecule has 0 saturated carbocycles. The van der Waals surface area contributed by atoms with Gasteiger partial charge in [-0.25, -0.2) is 17.4 Å². The Hall–Kier alpha value is -1.56. The Morgan fingerprint density at radius 3 is 2.71 bits per heavy atom. The largest absolute Gasteiger partial charge is 0.384 e. The number of hydrogen-bond donors (Lipinski definition) is 1. The van der Waals surface area contributed by atoms with Crippen molar-refractivity contribution >= 4 is 26.9 Å². The summed E-state index contributed by atoms with van der Waals surface area (Å²) >= 11 is 0. The van der Waals surface area contributed by atoms with E-state index in [2.05, 4.69) is 4.98 Å². The summed E-state index contributed by atoms with van der Waals surface area (Å²) < 4.78 is 23.8. The predicted octanol–water partition coefficient (Wildman–Crippen LogP) is 0.426. The Balaban J connectivity index is 2.83. The number of hydrogen-bond acceptors (Lipinski definition) is 4. The smallest absolute Gasteiger partial charge is 0.236 e. The molecule has 2 N–H and O–H groups in total. The molecule has 0 aliphatic carbocycles. The molecule has 2 aromatic rings. The quantitative estimate of drug-likeness (QED) is 0.741. The van der Waals surface area contributed by atoms with Crippen LogP contribution in [0.1, 0.15) is 0 Å². The molecule has 0 atom stereocenters. The average Bonchev–Trinajstić information content (AvgIpc) is 2.45. The number of aromatic nitrogens is 2. The lowest BCUT2D eigenvalue weighted by molar-refractivity contribution is 0.595. The molecule has 0 amide bonds. The first kappa shape index (κ1) is 9.01. The van der Waals surface area contributed by atoms with Crippen LogP contribution in [0.4, 0.5) is 5.82 Å². The highest BCUT2D eigenvalue weighted by molar-refractivity contribution is 7.89. The zero-order valence-corrected chi connectivity index (χ0v) is 8.32. The molecule has 0 aliphatic heterocycles. The fourth-order valence-corrected chi connectivity index (χ4v) is 2.09. The lowest BCUT2D eigenvalue weighted by Crippen LogP contribution is -2.08. The van der Waals surface area contributed by atoms with Crippen molar-refractivity contribution in [2.45, 2.75) is 0 Å². The first-order valence-electron chi connectivity index (χ1n) is 3.92. The summed E-state index contributed by atoms with van der Waals surface area (Å²) in [6.45, 7) is 0. The van der Waals surface area contributed by atoms with Crippen molar-refractivity contribution in [3.8, 4) is 0 Å². The first-order valence-corrected chi connectivity index (χ1v) is 5.77. The van der Waals surface area contributed by atoms with Crippen LogP contribution in [-0.4, -0.2) is 23.6 Å². The highest BCUT2D eigenvalue weighted by atomic mass is 32.2. The monoisotopic (exact) mass is 211 g/mol. The zero-order valence-electron chi connectivity index (χ0n) is 7.51. The van der Waals surface area contributed by atoms with Gasteiger partial charge < -0.3 is 5.73 Å². The Bertz CT molecular complexity index is 586. The fourth-order valence-electron chi connectivity index (χ4n) is 1.30. The van der Waals surface area contributed by atoms with E-state index in [4.69, 9.17) is 5.73 Å². The van der Waals surface area contributed by atoms with Crippen LogP contribution in [0.2, 0.25) is 0 Å². The fraction of sp³-hybridized carbons (Fsp3) is 0.125. The number of fused-ring (bicyclic) bond motifs is 1. The number of nitrogens with zero attached hydrogens (tertiary/aromatic N) is 2. The molecule has 6 heteroatoms. The van der Waals surface area contributed by atoms with Gasteiger partial charge in [0.15, 0.2) is 0 Å². The number of rotatable bonds is 1. The molecule has 0 radical (unpaired) electrons. The maximum atomic E-state index is 11.3. The molecule has 0 fully saturated rings. The van der Waals surface area contributed by atoms with Crippen LogP contribution in [0.3, 0.4) is 0 Å². The predicted molar refractivity (Wildman–Crippen MR) is 54.4 cm³/mol. The number of anilines is 1. The van der Waals surface area contributed by atoms with Gasteiger partial charge in [-0.2, -0.15) is 0 Å². The van der Waals surface area contributed by atoms with Gasteiger partial charge in [-0.05, 0) is 18.2 Å². The maximum absolute atomic E-state index is 11.3. The molecule has 0 unspecified atom stereocenters. The van der Waals surface area contributed by atoms with Gasteiger partial charge in [0.2, 0.25) is 10.0 Å². The summed E-state index contributed by atoms with van der Waals surface area (Å²) in [5.74, 6) is 0.378. The number of nitrogens with two attached hydrogens (primary N) is 1. The summed E-state index contributed by atoms with van der Waals surface area (Å²) in [7, 11) is -3.26. The van der Waals surface area contributed by atoms with E-state index in [-0.39, 0.29) is 0 Å². The van der Waals surface area contributed by atoms with Gasteiger partial charge in [0, 0.05) is 6.20 Å². The normalized spacial score (nSPS) is 12.1. The van der Waals surface area contributed by atoms with Crippen LogP contribution < -0.4 is 5.73 Å². The third-order valence-corrected chi connectivity index (χ3v) is 2.92. The third-order valence-electron chi connectivity index (χ3n) is 1.89. The highest BCUT2D eigenvalue weighted by Crippen LogP contribution is 2.16. The lowest BCUT2D eigenvalue weighted by atomic mass is 10.4. The van der Waals surface area contributed by atoms with Gasteiger partial charge >= 0.3 is 0 Å². The minimum atomic E-state index is -3.26. The molecule has 2 heterocycles. The van der Waals surface area contributed by atoms with Gasteiger partial charge in [-0.1, -0.05) is 0 Å². The van der Waals surface area contributed by atoms with E-state index < -0.39 is 10.0 Å². The van der Waals surface area contributed by atoms with E-state index in [1.54, 1.807) is 18.2 Å². The van der Waals surface area contributed by atoms with Gasteiger partial charge in [0.25, 0.3) is 0 Å². The first-order chi connectivity index (χ1) is 6.48. The van der Waals surface area contributed by atoms with Crippen molar-refractivity contribution in [2.24, 2.45) is 0 Å². The Morgan fingerprint density at radius 1 is 1.36 bits per heavy atom. The molecule has 74 valence electrons. The number of nitrogen functional groups attached to an aromatic ring is 1. The second-order valence-electron chi connectivity index (χ2n) is 3.02. The van der Waals surface area contributed by atoms with E-state index in [1.165, 1.54) is 10.2 Å². The van der Waals surface area contributed by atoms with Crippen molar-refractivity contribution in [1.82, 2.24) is 8.96 Å². The van der Waals surface area contributed by atoms with E-state index >= 15 is 0 Å². The van der Waals surface area contributed by atoms with E-state index in [0.29, 0.717) is 16.9 Å². The highest BCUT2D eigenvalue weighted by Gasteiger charge is 2.09. The molecule has 0 bridgehead atoms. The maximum Gasteiger partial charge on any atom is 0.236 e. The molecule has 0 saturated heterocycles. The van der Waals surface area contributed by atoms with Crippen LogP contribution in [-0.2, 0) is 10.0 Å². The Labute approximate surface area is 81.2 Å². The molecule has 5 nitrogen and oxygen atoms in total. The summed E-state index contributed by atoms with van der Waals surface area (Å²) in [4.78, 5) is 4.00. The van der Waals surface area contributed by atoms with Crippen LogP contribution in [0.5, 0.6) is 0 Å². The molecule has 0 spiro atoms. The van der Waals surface area contributed by atoms with Gasteiger partial charge in [0.05, 0.1) is 17.3 Å². The minimum Gasteiger partial charge on any atom is -0.384 e. The Morgan fingerprint density at radius 2 is 2.07 bits per heavy atom. The lowest BCUT2D eigenvalue weighted by Gasteiger charge is -2.00. The van der Waals surface area contributed by atoms with E-state index in [9.17, 15) is 8.42 Å². The topological polar surface area (TPSA) is 78.0 Å². The van der Waals surface area contributed by atoms with Crippen molar-refractivity contribution < 1.29 is 8.42 Å². The molecule has 14 heavy (non-hydrogen) atoms. The molecule has 0 aromatic carbocycles. The third kappa shape index (κ3) is 1.33. The summed E-state index contributed by atoms with van der Waals surface area (Å²) in [5.41, 5.74) is 6.59. The number of pyridine rings is 1. The molecular weight excluding hydrogens is 202 g/mol. The van der Waals surface area contributed by atoms with E-state index in [0.717, 1.165) is 6.26 Å². The van der Waals surface area contributed by atoms with Crippen molar-refractivity contribution in [1.29, 1.82) is 0 Å². The summed E-state index contributed by atoms with van der Waals surface area (Å²) in [5, 5.41) is 0. The minimum absolute atomic E-state index is 0.378. The van der Waals surface area contributed by atoms with Crippen LogP contribution in [0.25, 0.3) is 11.0 Å². The molecule has 2 rings (SSSR count). The molecule has 0 aliphatic rings. The van der Waals surface area contributed by atoms with Crippen LogP contribution in [0, 0.1) is 0 Å².